The van der Waals surface area contributed by atoms with Gasteiger partial charge in [0, 0.05) is 36.5 Å². The molecule has 1 saturated carbocycles. The monoisotopic (exact) mass is 458 g/mol. The molecule has 2 atom stereocenters. The number of rotatable bonds is 4. The van der Waals surface area contributed by atoms with E-state index in [1.54, 1.807) is 0 Å². The molecule has 7 nitrogen and oxygen atoms in total. The lowest BCUT2D eigenvalue weighted by Crippen LogP contribution is -2.50. The first-order chi connectivity index (χ1) is 15.0. The van der Waals surface area contributed by atoms with Gasteiger partial charge in [0.1, 0.15) is 0 Å². The maximum Gasteiger partial charge on any atom is 0.490 e. The van der Waals surface area contributed by atoms with Crippen molar-refractivity contribution in [2.45, 2.75) is 63.8 Å². The van der Waals surface area contributed by atoms with Crippen LogP contribution in [-0.4, -0.2) is 71.1 Å². The van der Waals surface area contributed by atoms with Crippen molar-refractivity contribution in [3.8, 4) is 0 Å². The quantitative estimate of drug-likeness (QED) is 0.743. The summed E-state index contributed by atoms with van der Waals surface area (Å²) in [7, 11) is 0. The van der Waals surface area contributed by atoms with E-state index in [1.165, 1.54) is 12.8 Å². The van der Waals surface area contributed by atoms with Gasteiger partial charge in [0.25, 0.3) is 5.91 Å². The predicted molar refractivity (Wildman–Crippen MR) is 108 cm³/mol. The summed E-state index contributed by atoms with van der Waals surface area (Å²) >= 11 is 0. The molecule has 32 heavy (non-hydrogen) atoms. The zero-order valence-electron chi connectivity index (χ0n) is 18.3. The fourth-order valence-corrected chi connectivity index (χ4v) is 4.16. The molecule has 0 aromatic carbocycles. The molecule has 3 aliphatic rings. The van der Waals surface area contributed by atoms with E-state index >= 15 is 0 Å². The summed E-state index contributed by atoms with van der Waals surface area (Å²) in [5, 5.41) is 7.12. The molecule has 2 aliphatic heterocycles. The van der Waals surface area contributed by atoms with Crippen molar-refractivity contribution in [3.63, 3.8) is 0 Å². The lowest BCUT2D eigenvalue weighted by molar-refractivity contribution is -0.192. The van der Waals surface area contributed by atoms with E-state index in [4.69, 9.17) is 19.4 Å². The van der Waals surface area contributed by atoms with Gasteiger partial charge >= 0.3 is 12.1 Å². The number of aryl methyl sites for hydroxylation is 2. The summed E-state index contributed by atoms with van der Waals surface area (Å²) in [6.07, 6.45) is 0.662. The Balaban J connectivity index is 0.000000360. The number of likely N-dealkylation sites (tertiary alicyclic amines) is 1. The molecule has 2 saturated heterocycles. The Kier molecular flexibility index (Phi) is 7.44. The zero-order valence-corrected chi connectivity index (χ0v) is 18.3. The minimum atomic E-state index is -5.08. The summed E-state index contributed by atoms with van der Waals surface area (Å²) < 4.78 is 43.9. The number of carbonyl (C=O) groups is 2. The molecule has 3 heterocycles. The smallest absolute Gasteiger partial charge is 0.475 e. The average molecular weight is 458 g/mol. The molecule has 1 aliphatic carbocycles. The fourth-order valence-electron chi connectivity index (χ4n) is 4.16. The Morgan fingerprint density at radius 2 is 1.91 bits per heavy atom. The number of alkyl halides is 3. The van der Waals surface area contributed by atoms with Crippen LogP contribution in [0.25, 0.3) is 0 Å². The first-order valence-electron chi connectivity index (χ1n) is 10.8. The second-order valence-corrected chi connectivity index (χ2v) is 8.87. The van der Waals surface area contributed by atoms with Crippen LogP contribution in [0.2, 0.25) is 0 Å². The highest BCUT2D eigenvalue weighted by Crippen LogP contribution is 2.37. The first kappa shape index (κ1) is 24.4. The summed E-state index contributed by atoms with van der Waals surface area (Å²) in [5.41, 5.74) is 2.31. The van der Waals surface area contributed by atoms with Crippen LogP contribution in [0.5, 0.6) is 0 Å². The van der Waals surface area contributed by atoms with Crippen molar-refractivity contribution in [1.29, 1.82) is 0 Å². The molecule has 1 aromatic rings. The Morgan fingerprint density at radius 1 is 1.28 bits per heavy atom. The number of ether oxygens (including phenoxy) is 2. The molecule has 1 aromatic heterocycles. The fraction of sp³-hybridized carbons (Fsp3) is 0.682. The molecule has 3 fully saturated rings. The van der Waals surface area contributed by atoms with Gasteiger partial charge in [-0.25, -0.2) is 4.79 Å². The van der Waals surface area contributed by atoms with Crippen LogP contribution < -0.4 is 0 Å². The van der Waals surface area contributed by atoms with Crippen LogP contribution in [0, 0.1) is 19.8 Å². The standard InChI is InChI=1S/C20H28N2O3.C2HF3O2/c1-14-8-17(9-15(2)21-14)19(23)22-7-3-6-20(13-22)10-18(12-25-20)24-11-16-4-5-16;3-2(4,5)1(6)7/h8-9,16,18H,3-7,10-13H2,1-2H3;(H,6,7)/t18-,20+;/m1./s1. The van der Waals surface area contributed by atoms with Crippen molar-refractivity contribution in [3.05, 3.63) is 29.1 Å². The molecule has 0 radical (unpaired) electrons. The normalized spacial score (nSPS) is 25.4. The number of nitrogens with zero attached hydrogens (tertiary/aromatic N) is 2. The number of carbonyl (C=O) groups excluding carboxylic acids is 1. The SMILES string of the molecule is Cc1cc(C(=O)N2CCC[C@]3(C[C@@H](OCC4CC4)CO3)C2)cc(C)n1.O=C(O)C(F)(F)F. The molecule has 0 bridgehead atoms. The maximum absolute atomic E-state index is 13.0. The predicted octanol–water partition coefficient (Wildman–Crippen LogP) is 3.52. The van der Waals surface area contributed by atoms with E-state index in [0.29, 0.717) is 13.2 Å². The highest BCUT2D eigenvalue weighted by molar-refractivity contribution is 5.94. The van der Waals surface area contributed by atoms with Crippen LogP contribution in [0.4, 0.5) is 13.2 Å². The molecule has 4 rings (SSSR count). The lowest BCUT2D eigenvalue weighted by Gasteiger charge is -2.39. The maximum atomic E-state index is 13.0. The number of pyridine rings is 1. The first-order valence-corrected chi connectivity index (χ1v) is 10.8. The lowest BCUT2D eigenvalue weighted by atomic mass is 9.89. The van der Waals surface area contributed by atoms with E-state index in [9.17, 15) is 18.0 Å². The highest BCUT2D eigenvalue weighted by Gasteiger charge is 2.45. The summed E-state index contributed by atoms with van der Waals surface area (Å²) in [6.45, 7) is 6.89. The van der Waals surface area contributed by atoms with E-state index in [-0.39, 0.29) is 17.6 Å². The Bertz CT molecular complexity index is 823. The Morgan fingerprint density at radius 3 is 2.47 bits per heavy atom. The molecule has 1 spiro atoms. The van der Waals surface area contributed by atoms with Crippen LogP contribution >= 0.6 is 0 Å². The van der Waals surface area contributed by atoms with Crippen molar-refractivity contribution >= 4 is 11.9 Å². The molecular formula is C22H29F3N2O5. The number of carboxylic acids is 1. The van der Waals surface area contributed by atoms with E-state index in [0.717, 1.165) is 55.3 Å². The van der Waals surface area contributed by atoms with Crippen LogP contribution in [-0.2, 0) is 14.3 Å². The van der Waals surface area contributed by atoms with Crippen molar-refractivity contribution in [2.75, 3.05) is 26.3 Å². The molecule has 10 heteroatoms. The third-order valence-corrected chi connectivity index (χ3v) is 5.84. The van der Waals surface area contributed by atoms with Gasteiger partial charge in [-0.2, -0.15) is 13.2 Å². The number of aliphatic carboxylic acids is 1. The summed E-state index contributed by atoms with van der Waals surface area (Å²) in [5.74, 6) is -1.88. The average Bonchev–Trinajstić information content (AvgIpc) is 3.46. The second-order valence-electron chi connectivity index (χ2n) is 8.87. The Hall–Kier alpha value is -2.20. The van der Waals surface area contributed by atoms with Crippen LogP contribution in [0.15, 0.2) is 12.1 Å². The largest absolute Gasteiger partial charge is 0.490 e. The van der Waals surface area contributed by atoms with E-state index in [1.807, 2.05) is 30.9 Å². The van der Waals surface area contributed by atoms with Crippen molar-refractivity contribution in [1.82, 2.24) is 9.88 Å². The van der Waals surface area contributed by atoms with E-state index in [2.05, 4.69) is 4.98 Å². The summed E-state index contributed by atoms with van der Waals surface area (Å²) in [4.78, 5) is 28.2. The van der Waals surface area contributed by atoms with Gasteiger partial charge in [0.15, 0.2) is 0 Å². The molecule has 0 unspecified atom stereocenters. The van der Waals surface area contributed by atoms with Gasteiger partial charge in [-0.15, -0.1) is 0 Å². The molecule has 1 amide bonds. The number of aromatic nitrogens is 1. The molecular weight excluding hydrogens is 429 g/mol. The van der Waals surface area contributed by atoms with Gasteiger partial charge < -0.3 is 19.5 Å². The minimum Gasteiger partial charge on any atom is -0.475 e. The van der Waals surface area contributed by atoms with Gasteiger partial charge in [-0.3, -0.25) is 9.78 Å². The number of hydrogen-bond acceptors (Lipinski definition) is 5. The van der Waals surface area contributed by atoms with Crippen LogP contribution in [0.3, 0.4) is 0 Å². The van der Waals surface area contributed by atoms with E-state index < -0.39 is 12.1 Å². The number of halogens is 3. The van der Waals surface area contributed by atoms with Crippen molar-refractivity contribution < 1.29 is 37.3 Å². The summed E-state index contributed by atoms with van der Waals surface area (Å²) in [6, 6.07) is 3.77. The molecule has 178 valence electrons. The molecule has 1 N–H and O–H groups in total. The number of hydrogen-bond donors (Lipinski definition) is 1. The van der Waals surface area contributed by atoms with Gasteiger partial charge in [0.2, 0.25) is 0 Å². The number of amides is 1. The van der Waals surface area contributed by atoms with Crippen LogP contribution in [0.1, 0.15) is 53.8 Å². The zero-order chi connectivity index (χ0) is 23.5. The minimum absolute atomic E-state index is 0.0959. The third kappa shape index (κ3) is 6.65. The number of carboxylic acid groups (broad SMARTS) is 1. The van der Waals surface area contributed by atoms with Gasteiger partial charge in [-0.1, -0.05) is 0 Å². The topological polar surface area (TPSA) is 89.0 Å². The second kappa shape index (κ2) is 9.74. The third-order valence-electron chi connectivity index (χ3n) is 5.84. The number of piperidine rings is 1. The van der Waals surface area contributed by atoms with Gasteiger partial charge in [0.05, 0.1) is 24.9 Å². The van der Waals surface area contributed by atoms with Gasteiger partial charge in [-0.05, 0) is 57.6 Å². The Labute approximate surface area is 184 Å². The van der Waals surface area contributed by atoms with Crippen molar-refractivity contribution in [2.24, 2.45) is 5.92 Å². The highest BCUT2D eigenvalue weighted by atomic mass is 19.4.